The summed E-state index contributed by atoms with van der Waals surface area (Å²) in [6.07, 6.45) is 1.91. The Morgan fingerprint density at radius 2 is 1.71 bits per heavy atom. The summed E-state index contributed by atoms with van der Waals surface area (Å²) in [6.45, 7) is 5.61. The molecule has 2 atom stereocenters. The highest BCUT2D eigenvalue weighted by molar-refractivity contribution is 5.81. The van der Waals surface area contributed by atoms with Gasteiger partial charge in [0.1, 0.15) is 0 Å². The van der Waals surface area contributed by atoms with Gasteiger partial charge >= 0.3 is 0 Å². The minimum absolute atomic E-state index is 0.0217. The quantitative estimate of drug-likeness (QED) is 0.695. The highest BCUT2D eigenvalue weighted by atomic mass is 16.7. The topological polar surface area (TPSA) is 50.8 Å². The molecule has 17 heavy (non-hydrogen) atoms. The molecule has 2 unspecified atom stereocenters. The molecule has 1 fully saturated rings. The third-order valence-corrected chi connectivity index (χ3v) is 3.17. The summed E-state index contributed by atoms with van der Waals surface area (Å²) >= 11 is 0. The molecule has 1 amide bonds. The number of likely N-dealkylation sites (tertiary alicyclic amines) is 1. The molecule has 5 nitrogen and oxygen atoms in total. The fraction of sp³-hybridized carbons (Fsp3) is 0.917. The van der Waals surface area contributed by atoms with Crippen molar-refractivity contribution < 1.29 is 14.3 Å². The summed E-state index contributed by atoms with van der Waals surface area (Å²) < 4.78 is 10.3. The van der Waals surface area contributed by atoms with Gasteiger partial charge in [-0.2, -0.15) is 0 Å². The second-order valence-corrected chi connectivity index (χ2v) is 4.55. The third-order valence-electron chi connectivity index (χ3n) is 3.17. The zero-order valence-corrected chi connectivity index (χ0v) is 11.2. The van der Waals surface area contributed by atoms with Crippen molar-refractivity contribution >= 4 is 5.91 Å². The maximum atomic E-state index is 12.1. The Bertz CT molecular complexity index is 238. The van der Waals surface area contributed by atoms with E-state index in [1.54, 1.807) is 14.2 Å². The molecule has 0 aromatic heterocycles. The normalized spacial score (nSPS) is 19.7. The lowest BCUT2D eigenvalue weighted by Crippen LogP contribution is -2.50. The van der Waals surface area contributed by atoms with Crippen LogP contribution in [0.1, 0.15) is 26.7 Å². The predicted octanol–water partition coefficient (Wildman–Crippen LogP) is 0.594. The fourth-order valence-electron chi connectivity index (χ4n) is 2.26. The molecule has 1 N–H and O–H groups in total. The lowest BCUT2D eigenvalue weighted by Gasteiger charge is -2.27. The zero-order valence-electron chi connectivity index (χ0n) is 11.2. The van der Waals surface area contributed by atoms with Gasteiger partial charge in [0, 0.05) is 27.3 Å². The van der Waals surface area contributed by atoms with Gasteiger partial charge in [0.25, 0.3) is 0 Å². The van der Waals surface area contributed by atoms with Crippen molar-refractivity contribution in [1.82, 2.24) is 10.2 Å². The van der Waals surface area contributed by atoms with Gasteiger partial charge in [-0.15, -0.1) is 0 Å². The number of amides is 1. The largest absolute Gasteiger partial charge is 0.354 e. The van der Waals surface area contributed by atoms with Gasteiger partial charge in [0.15, 0.2) is 6.29 Å². The molecule has 0 spiro atoms. The Morgan fingerprint density at radius 3 is 2.18 bits per heavy atom. The van der Waals surface area contributed by atoms with Gasteiger partial charge in [-0.05, 0) is 26.7 Å². The first kappa shape index (κ1) is 14.4. The van der Waals surface area contributed by atoms with Gasteiger partial charge in [0.05, 0.1) is 12.1 Å². The molecule has 0 aromatic carbocycles. The van der Waals surface area contributed by atoms with E-state index in [9.17, 15) is 4.79 Å². The Morgan fingerprint density at radius 1 is 1.18 bits per heavy atom. The smallest absolute Gasteiger partial charge is 0.239 e. The highest BCUT2D eigenvalue weighted by Gasteiger charge is 2.26. The highest BCUT2D eigenvalue weighted by Crippen LogP contribution is 2.10. The van der Waals surface area contributed by atoms with Crippen molar-refractivity contribution in [3.63, 3.8) is 0 Å². The van der Waals surface area contributed by atoms with Gasteiger partial charge < -0.3 is 14.4 Å². The zero-order chi connectivity index (χ0) is 12.8. The maximum Gasteiger partial charge on any atom is 0.239 e. The van der Waals surface area contributed by atoms with Crippen LogP contribution in [0.2, 0.25) is 0 Å². The van der Waals surface area contributed by atoms with Crippen LogP contribution < -0.4 is 5.32 Å². The second-order valence-electron chi connectivity index (χ2n) is 4.55. The number of nitrogens with zero attached hydrogens (tertiary/aromatic N) is 1. The molecule has 0 aliphatic carbocycles. The van der Waals surface area contributed by atoms with Crippen LogP contribution in [0, 0.1) is 0 Å². The van der Waals surface area contributed by atoms with Crippen molar-refractivity contribution in [3.8, 4) is 0 Å². The van der Waals surface area contributed by atoms with Gasteiger partial charge in [-0.3, -0.25) is 10.1 Å². The van der Waals surface area contributed by atoms with Crippen LogP contribution in [0.4, 0.5) is 0 Å². The van der Waals surface area contributed by atoms with Crippen molar-refractivity contribution in [3.05, 3.63) is 0 Å². The van der Waals surface area contributed by atoms with Crippen LogP contribution in [0.3, 0.4) is 0 Å². The van der Waals surface area contributed by atoms with Gasteiger partial charge in [0.2, 0.25) is 5.91 Å². The van der Waals surface area contributed by atoms with Crippen molar-refractivity contribution in [2.24, 2.45) is 0 Å². The summed E-state index contributed by atoms with van der Waals surface area (Å²) in [5.41, 5.74) is 0. The third kappa shape index (κ3) is 3.94. The van der Waals surface area contributed by atoms with Crippen molar-refractivity contribution in [2.75, 3.05) is 27.3 Å². The van der Waals surface area contributed by atoms with Crippen LogP contribution in [0.5, 0.6) is 0 Å². The van der Waals surface area contributed by atoms with Crippen LogP contribution in [0.25, 0.3) is 0 Å². The van der Waals surface area contributed by atoms with Gasteiger partial charge in [-0.25, -0.2) is 0 Å². The molecule has 5 heteroatoms. The Kier molecular flexibility index (Phi) is 5.88. The van der Waals surface area contributed by atoms with E-state index in [1.165, 1.54) is 0 Å². The number of ether oxygens (including phenoxy) is 2. The van der Waals surface area contributed by atoms with E-state index in [2.05, 4.69) is 5.32 Å². The first-order valence-corrected chi connectivity index (χ1v) is 6.20. The molecule has 1 rings (SSSR count). The first-order valence-electron chi connectivity index (χ1n) is 6.20. The minimum Gasteiger partial charge on any atom is -0.354 e. The Labute approximate surface area is 103 Å². The summed E-state index contributed by atoms with van der Waals surface area (Å²) in [5.74, 6) is 0.167. The average molecular weight is 244 g/mol. The van der Waals surface area contributed by atoms with Gasteiger partial charge in [-0.1, -0.05) is 0 Å². The number of hydrogen-bond acceptors (Lipinski definition) is 4. The molecule has 100 valence electrons. The number of hydrogen-bond donors (Lipinski definition) is 1. The van der Waals surface area contributed by atoms with Crippen molar-refractivity contribution in [1.29, 1.82) is 0 Å². The van der Waals surface area contributed by atoms with E-state index in [-0.39, 0.29) is 24.3 Å². The maximum absolute atomic E-state index is 12.1. The standard InChI is InChI=1S/C12H24N2O3/c1-9(11(15)14-7-5-6-8-14)13-10(2)12(16-3)17-4/h9-10,12-13H,5-8H2,1-4H3. The van der Waals surface area contributed by atoms with E-state index in [1.807, 2.05) is 18.7 Å². The summed E-state index contributed by atoms with van der Waals surface area (Å²) in [7, 11) is 3.19. The number of nitrogens with one attached hydrogen (secondary N) is 1. The molecule has 0 aromatic rings. The van der Waals surface area contributed by atoms with E-state index in [4.69, 9.17) is 9.47 Å². The predicted molar refractivity (Wildman–Crippen MR) is 65.7 cm³/mol. The first-order chi connectivity index (χ1) is 8.10. The fourth-order valence-corrected chi connectivity index (χ4v) is 2.26. The summed E-state index contributed by atoms with van der Waals surface area (Å²) in [5, 5.41) is 3.22. The van der Waals surface area contributed by atoms with Crippen LogP contribution in [0.15, 0.2) is 0 Å². The van der Waals surface area contributed by atoms with E-state index < -0.39 is 0 Å². The molecule has 1 saturated heterocycles. The van der Waals surface area contributed by atoms with E-state index in [0.29, 0.717) is 0 Å². The molecular formula is C12H24N2O3. The number of methoxy groups -OCH3 is 2. The second kappa shape index (κ2) is 6.93. The average Bonchev–Trinajstić information content (AvgIpc) is 2.83. The van der Waals surface area contributed by atoms with Crippen LogP contribution >= 0.6 is 0 Å². The molecule has 0 radical (unpaired) electrons. The monoisotopic (exact) mass is 244 g/mol. The number of carbonyl (C=O) groups excluding carboxylic acids is 1. The molecular weight excluding hydrogens is 220 g/mol. The number of carbonyl (C=O) groups is 1. The molecule has 0 saturated carbocycles. The lowest BCUT2D eigenvalue weighted by atomic mass is 10.2. The van der Waals surface area contributed by atoms with E-state index in [0.717, 1.165) is 25.9 Å². The SMILES string of the molecule is COC(OC)C(C)NC(C)C(=O)N1CCCC1. The Hall–Kier alpha value is -0.650. The summed E-state index contributed by atoms with van der Waals surface area (Å²) in [6, 6.07) is -0.220. The molecule has 1 heterocycles. The molecule has 1 aliphatic heterocycles. The summed E-state index contributed by atoms with van der Waals surface area (Å²) in [4.78, 5) is 14.0. The van der Waals surface area contributed by atoms with Crippen LogP contribution in [-0.2, 0) is 14.3 Å². The lowest BCUT2D eigenvalue weighted by molar-refractivity contribution is -0.136. The Balaban J connectivity index is 2.41. The number of rotatable bonds is 6. The molecule has 1 aliphatic rings. The molecule has 0 bridgehead atoms. The minimum atomic E-state index is -0.330. The van der Waals surface area contributed by atoms with Crippen molar-refractivity contribution in [2.45, 2.75) is 45.1 Å². The van der Waals surface area contributed by atoms with E-state index >= 15 is 0 Å². The van der Waals surface area contributed by atoms with Crippen LogP contribution in [-0.4, -0.2) is 56.5 Å².